The number of carbonyl (C=O) groups excluding carboxylic acids is 2. The Balaban J connectivity index is 1.71. The van der Waals surface area contributed by atoms with Crippen LogP contribution >= 0.6 is 0 Å². The molecule has 2 aromatic rings. The van der Waals surface area contributed by atoms with Crippen molar-refractivity contribution in [2.45, 2.75) is 77.4 Å². The molecule has 0 aromatic heterocycles. The second-order valence-electron chi connectivity index (χ2n) is 9.95. The molecule has 2 amide bonds. The van der Waals surface area contributed by atoms with Gasteiger partial charge in [0.05, 0.1) is 11.9 Å². The minimum absolute atomic E-state index is 0.0695. The Bertz CT molecular complexity index is 1160. The first kappa shape index (κ1) is 28.6. The van der Waals surface area contributed by atoms with Crippen LogP contribution < -0.4 is 9.62 Å². The van der Waals surface area contributed by atoms with Crippen molar-refractivity contribution in [3.63, 3.8) is 0 Å². The number of carbonyl (C=O) groups is 2. The number of sulfonamides is 1. The molecule has 7 nitrogen and oxygen atoms in total. The van der Waals surface area contributed by atoms with E-state index in [1.54, 1.807) is 37.3 Å². The lowest BCUT2D eigenvalue weighted by molar-refractivity contribution is -0.141. The molecule has 1 fully saturated rings. The standard InChI is InChI=1S/C28H38FN3O4S/c1-21-9-7-12-26(19-21)32(37(3,35)36)18-8-13-27(33)31(20-23-14-16-24(29)17-15-23)22(2)28(34)30-25-10-5-4-6-11-25/h7,9,12,14-17,19,22,25H,4-6,8,10-11,13,18,20H2,1-3H3,(H,30,34)/t22-/m1/s1. The van der Waals surface area contributed by atoms with Crippen molar-refractivity contribution < 1.29 is 22.4 Å². The van der Waals surface area contributed by atoms with Crippen LogP contribution in [0.3, 0.4) is 0 Å². The lowest BCUT2D eigenvalue weighted by Crippen LogP contribution is -2.50. The molecule has 2 aromatic carbocycles. The van der Waals surface area contributed by atoms with E-state index in [0.717, 1.165) is 37.5 Å². The number of hydrogen-bond donors (Lipinski definition) is 1. The Labute approximate surface area is 220 Å². The van der Waals surface area contributed by atoms with Crippen molar-refractivity contribution in [2.24, 2.45) is 0 Å². The second kappa shape index (κ2) is 13.0. The van der Waals surface area contributed by atoms with E-state index in [0.29, 0.717) is 11.3 Å². The third-order valence-corrected chi connectivity index (χ3v) is 8.02. The van der Waals surface area contributed by atoms with Gasteiger partial charge in [0.15, 0.2) is 0 Å². The fraction of sp³-hybridized carbons (Fsp3) is 0.500. The van der Waals surface area contributed by atoms with E-state index in [2.05, 4.69) is 5.32 Å². The highest BCUT2D eigenvalue weighted by Crippen LogP contribution is 2.21. The maximum absolute atomic E-state index is 13.4. The summed E-state index contributed by atoms with van der Waals surface area (Å²) >= 11 is 0. The molecule has 1 saturated carbocycles. The first-order valence-corrected chi connectivity index (χ1v) is 14.8. The van der Waals surface area contributed by atoms with E-state index in [1.165, 1.54) is 27.8 Å². The van der Waals surface area contributed by atoms with Crippen molar-refractivity contribution in [1.82, 2.24) is 10.2 Å². The van der Waals surface area contributed by atoms with E-state index < -0.39 is 16.1 Å². The summed E-state index contributed by atoms with van der Waals surface area (Å²) in [5.74, 6) is -0.838. The molecule has 1 atom stereocenters. The highest BCUT2D eigenvalue weighted by molar-refractivity contribution is 7.92. The van der Waals surface area contributed by atoms with Gasteiger partial charge in [-0.3, -0.25) is 13.9 Å². The summed E-state index contributed by atoms with van der Waals surface area (Å²) in [6.07, 6.45) is 6.70. The van der Waals surface area contributed by atoms with E-state index >= 15 is 0 Å². The normalized spacial score (nSPS) is 15.1. The third-order valence-electron chi connectivity index (χ3n) is 6.83. The number of anilines is 1. The molecule has 0 aliphatic heterocycles. The Kier molecular flexibility index (Phi) is 10.1. The zero-order valence-electron chi connectivity index (χ0n) is 22.0. The Morgan fingerprint density at radius 1 is 1.08 bits per heavy atom. The van der Waals surface area contributed by atoms with Gasteiger partial charge >= 0.3 is 0 Å². The summed E-state index contributed by atoms with van der Waals surface area (Å²) < 4.78 is 39.6. The number of nitrogens with zero attached hydrogens (tertiary/aromatic N) is 2. The van der Waals surface area contributed by atoms with Crippen molar-refractivity contribution in [3.8, 4) is 0 Å². The maximum atomic E-state index is 13.4. The van der Waals surface area contributed by atoms with Crippen LogP contribution in [0.25, 0.3) is 0 Å². The van der Waals surface area contributed by atoms with Gasteiger partial charge in [-0.05, 0) is 68.5 Å². The average molecular weight is 532 g/mol. The summed E-state index contributed by atoms with van der Waals surface area (Å²) in [4.78, 5) is 28.0. The topological polar surface area (TPSA) is 86.8 Å². The average Bonchev–Trinajstić information content (AvgIpc) is 2.85. The summed E-state index contributed by atoms with van der Waals surface area (Å²) in [6, 6.07) is 12.5. The van der Waals surface area contributed by atoms with Gasteiger partial charge in [0.2, 0.25) is 21.8 Å². The first-order chi connectivity index (χ1) is 17.5. The fourth-order valence-corrected chi connectivity index (χ4v) is 5.68. The van der Waals surface area contributed by atoms with Crippen LogP contribution in [-0.2, 0) is 26.2 Å². The molecule has 3 rings (SSSR count). The molecule has 37 heavy (non-hydrogen) atoms. The smallest absolute Gasteiger partial charge is 0.242 e. The molecule has 1 N–H and O–H groups in total. The Morgan fingerprint density at radius 3 is 2.38 bits per heavy atom. The van der Waals surface area contributed by atoms with E-state index in [9.17, 15) is 22.4 Å². The van der Waals surface area contributed by atoms with Gasteiger partial charge < -0.3 is 10.2 Å². The zero-order valence-corrected chi connectivity index (χ0v) is 22.8. The molecule has 0 unspecified atom stereocenters. The SMILES string of the molecule is Cc1cccc(N(CCCC(=O)N(Cc2ccc(F)cc2)[C@H](C)C(=O)NC2CCCCC2)S(C)(=O)=O)c1. The van der Waals surface area contributed by atoms with Crippen LogP contribution in [0.2, 0.25) is 0 Å². The first-order valence-electron chi connectivity index (χ1n) is 12.9. The molecule has 1 aliphatic carbocycles. The summed E-state index contributed by atoms with van der Waals surface area (Å²) in [6.45, 7) is 3.89. The molecule has 0 radical (unpaired) electrons. The number of aryl methyl sites for hydroxylation is 1. The number of hydrogen-bond acceptors (Lipinski definition) is 4. The molecule has 202 valence electrons. The van der Waals surface area contributed by atoms with Crippen LogP contribution in [-0.4, -0.2) is 50.0 Å². The lowest BCUT2D eigenvalue weighted by atomic mass is 9.95. The van der Waals surface area contributed by atoms with Crippen LogP contribution in [0.4, 0.5) is 10.1 Å². The fourth-order valence-electron chi connectivity index (χ4n) is 4.72. The predicted octanol–water partition coefficient (Wildman–Crippen LogP) is 4.55. The van der Waals surface area contributed by atoms with Crippen LogP contribution in [0.1, 0.15) is 63.0 Å². The number of amides is 2. The number of nitrogens with one attached hydrogen (secondary N) is 1. The second-order valence-corrected chi connectivity index (χ2v) is 11.9. The van der Waals surface area contributed by atoms with E-state index in [-0.39, 0.29) is 49.6 Å². The molecule has 0 bridgehead atoms. The molecular formula is C28H38FN3O4S. The minimum Gasteiger partial charge on any atom is -0.352 e. The van der Waals surface area contributed by atoms with Crippen molar-refractivity contribution in [3.05, 3.63) is 65.5 Å². The number of rotatable bonds is 11. The van der Waals surface area contributed by atoms with Gasteiger partial charge in [-0.15, -0.1) is 0 Å². The van der Waals surface area contributed by atoms with Gasteiger partial charge in [0.25, 0.3) is 0 Å². The van der Waals surface area contributed by atoms with Crippen LogP contribution in [0.15, 0.2) is 48.5 Å². The molecular weight excluding hydrogens is 493 g/mol. The van der Waals surface area contributed by atoms with Gasteiger partial charge in [-0.2, -0.15) is 0 Å². The van der Waals surface area contributed by atoms with Gasteiger partial charge in [0, 0.05) is 25.6 Å². The number of halogens is 1. The van der Waals surface area contributed by atoms with Crippen LogP contribution in [0, 0.1) is 12.7 Å². The van der Waals surface area contributed by atoms with E-state index in [1.807, 2.05) is 13.0 Å². The van der Waals surface area contributed by atoms with Gasteiger partial charge in [0.1, 0.15) is 11.9 Å². The van der Waals surface area contributed by atoms with Crippen molar-refractivity contribution in [1.29, 1.82) is 0 Å². The summed E-state index contributed by atoms with van der Waals surface area (Å²) in [5, 5.41) is 3.09. The maximum Gasteiger partial charge on any atom is 0.242 e. The van der Waals surface area contributed by atoms with Crippen molar-refractivity contribution in [2.75, 3.05) is 17.1 Å². The molecule has 1 aliphatic rings. The van der Waals surface area contributed by atoms with Gasteiger partial charge in [-0.25, -0.2) is 12.8 Å². The summed E-state index contributed by atoms with van der Waals surface area (Å²) in [5.41, 5.74) is 2.20. The third kappa shape index (κ3) is 8.55. The van der Waals surface area contributed by atoms with Crippen LogP contribution in [0.5, 0.6) is 0 Å². The largest absolute Gasteiger partial charge is 0.352 e. The summed E-state index contributed by atoms with van der Waals surface area (Å²) in [7, 11) is -3.54. The van der Waals surface area contributed by atoms with E-state index in [4.69, 9.17) is 0 Å². The molecule has 0 heterocycles. The quantitative estimate of drug-likeness (QED) is 0.461. The molecule has 0 spiro atoms. The lowest BCUT2D eigenvalue weighted by Gasteiger charge is -2.31. The zero-order chi connectivity index (χ0) is 27.0. The highest BCUT2D eigenvalue weighted by Gasteiger charge is 2.28. The Hall–Kier alpha value is -2.94. The molecule has 0 saturated heterocycles. The van der Waals surface area contributed by atoms with Gasteiger partial charge in [-0.1, -0.05) is 43.5 Å². The van der Waals surface area contributed by atoms with Crippen molar-refractivity contribution >= 4 is 27.5 Å². The minimum atomic E-state index is -3.54. The highest BCUT2D eigenvalue weighted by atomic mass is 32.2. The monoisotopic (exact) mass is 531 g/mol. The number of benzene rings is 2. The predicted molar refractivity (Wildman–Crippen MR) is 144 cm³/mol. The Morgan fingerprint density at radius 2 is 1.76 bits per heavy atom. The molecule has 9 heteroatoms.